The van der Waals surface area contributed by atoms with Crippen LogP contribution < -0.4 is 10.6 Å². The van der Waals surface area contributed by atoms with Gasteiger partial charge in [-0.25, -0.2) is 8.42 Å². The molecule has 0 amide bonds. The van der Waals surface area contributed by atoms with Crippen LogP contribution in [0, 0.1) is 5.92 Å². The highest BCUT2D eigenvalue weighted by atomic mass is 127. The summed E-state index contributed by atoms with van der Waals surface area (Å²) in [5.41, 5.74) is 0. The van der Waals surface area contributed by atoms with Crippen molar-refractivity contribution in [1.82, 2.24) is 10.6 Å². The summed E-state index contributed by atoms with van der Waals surface area (Å²) in [5, 5.41) is 6.37. The van der Waals surface area contributed by atoms with Crippen molar-refractivity contribution >= 4 is 39.8 Å². The fourth-order valence-corrected chi connectivity index (χ4v) is 4.30. The minimum absolute atomic E-state index is 0. The Bertz CT molecular complexity index is 590. The minimum atomic E-state index is -2.82. The molecular weight excluding hydrogens is 445 g/mol. The average molecular weight is 471 g/mol. The summed E-state index contributed by atoms with van der Waals surface area (Å²) in [6, 6.07) is 3.72. The molecule has 9 heteroatoms. The van der Waals surface area contributed by atoms with Gasteiger partial charge in [0.15, 0.2) is 15.8 Å². The summed E-state index contributed by atoms with van der Waals surface area (Å²) in [7, 11) is -1.12. The molecule has 2 N–H and O–H groups in total. The van der Waals surface area contributed by atoms with E-state index in [0.717, 1.165) is 25.1 Å². The lowest BCUT2D eigenvalue weighted by atomic mass is 10.1. The first kappa shape index (κ1) is 21.2. The number of hydrogen-bond acceptors (Lipinski definition) is 5. The minimum Gasteiger partial charge on any atom is -0.467 e. The van der Waals surface area contributed by atoms with Crippen molar-refractivity contribution in [2.24, 2.45) is 10.9 Å². The molecule has 0 radical (unpaired) electrons. The Morgan fingerprint density at radius 3 is 2.92 bits per heavy atom. The van der Waals surface area contributed by atoms with Gasteiger partial charge in [-0.05, 0) is 30.9 Å². The monoisotopic (exact) mass is 471 g/mol. The van der Waals surface area contributed by atoms with Gasteiger partial charge in [-0.2, -0.15) is 0 Å². The van der Waals surface area contributed by atoms with Gasteiger partial charge in [0, 0.05) is 26.7 Å². The van der Waals surface area contributed by atoms with Crippen molar-refractivity contribution in [3.8, 4) is 0 Å². The number of rotatable bonds is 8. The third-order valence-electron chi connectivity index (χ3n) is 3.69. The van der Waals surface area contributed by atoms with Crippen LogP contribution in [-0.4, -0.2) is 52.6 Å². The molecule has 0 saturated carbocycles. The smallest absolute Gasteiger partial charge is 0.190 e. The van der Waals surface area contributed by atoms with Crippen LogP contribution in [0.15, 0.2) is 27.8 Å². The predicted octanol–water partition coefficient (Wildman–Crippen LogP) is 1.40. The highest BCUT2D eigenvalue weighted by Gasteiger charge is 2.27. The van der Waals surface area contributed by atoms with E-state index in [4.69, 9.17) is 9.15 Å². The standard InChI is InChI=1S/C15H25N3O4S.HI/c1-16-15(18-10-13-5-9-23(19,20)12-13)17-6-3-7-21-11-14-4-2-8-22-14;/h2,4,8,13H,3,5-7,9-12H2,1H3,(H2,16,17,18);1H. The van der Waals surface area contributed by atoms with E-state index in [1.807, 2.05) is 12.1 Å². The lowest BCUT2D eigenvalue weighted by Gasteiger charge is -2.14. The molecule has 7 nitrogen and oxygen atoms in total. The number of nitrogens with zero attached hydrogens (tertiary/aromatic N) is 1. The van der Waals surface area contributed by atoms with Crippen LogP contribution in [0.1, 0.15) is 18.6 Å². The quantitative estimate of drug-likeness (QED) is 0.258. The number of guanidine groups is 1. The zero-order valence-corrected chi connectivity index (χ0v) is 17.0. The molecule has 1 fully saturated rings. The van der Waals surface area contributed by atoms with E-state index in [-0.39, 0.29) is 35.6 Å². The zero-order valence-electron chi connectivity index (χ0n) is 13.9. The summed E-state index contributed by atoms with van der Waals surface area (Å²) < 4.78 is 33.5. The lowest BCUT2D eigenvalue weighted by molar-refractivity contribution is 0.105. The number of halogens is 1. The highest BCUT2D eigenvalue weighted by molar-refractivity contribution is 14.0. The third-order valence-corrected chi connectivity index (χ3v) is 5.53. The molecule has 1 aliphatic heterocycles. The largest absolute Gasteiger partial charge is 0.467 e. The van der Waals surface area contributed by atoms with Gasteiger partial charge < -0.3 is 19.8 Å². The maximum absolute atomic E-state index is 11.4. The first-order chi connectivity index (χ1) is 11.1. The molecule has 1 aliphatic rings. The van der Waals surface area contributed by atoms with Crippen molar-refractivity contribution in [3.05, 3.63) is 24.2 Å². The van der Waals surface area contributed by atoms with Crippen LogP contribution in [0.3, 0.4) is 0 Å². The van der Waals surface area contributed by atoms with Crippen LogP contribution >= 0.6 is 24.0 Å². The average Bonchev–Trinajstić information content (AvgIpc) is 3.15. The number of sulfone groups is 1. The summed E-state index contributed by atoms with van der Waals surface area (Å²) in [6.45, 7) is 2.48. The number of ether oxygens (including phenoxy) is 1. The van der Waals surface area contributed by atoms with Crippen molar-refractivity contribution in [1.29, 1.82) is 0 Å². The molecule has 138 valence electrons. The van der Waals surface area contributed by atoms with Gasteiger partial charge in [0.25, 0.3) is 0 Å². The lowest BCUT2D eigenvalue weighted by Crippen LogP contribution is -2.40. The third kappa shape index (κ3) is 7.84. The second kappa shape index (κ2) is 10.9. The Balaban J connectivity index is 0.00000288. The summed E-state index contributed by atoms with van der Waals surface area (Å²) in [5.74, 6) is 2.27. The van der Waals surface area contributed by atoms with Gasteiger partial charge >= 0.3 is 0 Å². The molecule has 2 rings (SSSR count). The molecule has 1 atom stereocenters. The Hall–Kier alpha value is -0.810. The Morgan fingerprint density at radius 2 is 2.29 bits per heavy atom. The van der Waals surface area contributed by atoms with E-state index in [1.165, 1.54) is 0 Å². The second-order valence-electron chi connectivity index (χ2n) is 5.63. The molecular formula is C15H26IN3O4S. The van der Waals surface area contributed by atoms with Crippen LogP contribution in [-0.2, 0) is 21.2 Å². The molecule has 1 saturated heterocycles. The second-order valence-corrected chi connectivity index (χ2v) is 7.86. The van der Waals surface area contributed by atoms with E-state index in [9.17, 15) is 8.42 Å². The van der Waals surface area contributed by atoms with Gasteiger partial charge in [-0.15, -0.1) is 24.0 Å². The molecule has 24 heavy (non-hydrogen) atoms. The van der Waals surface area contributed by atoms with Gasteiger partial charge in [0.1, 0.15) is 12.4 Å². The Labute approximate surface area is 160 Å². The summed E-state index contributed by atoms with van der Waals surface area (Å²) in [6.07, 6.45) is 3.21. The van der Waals surface area contributed by atoms with E-state index >= 15 is 0 Å². The molecule has 0 aliphatic carbocycles. The molecule has 1 aromatic heterocycles. The van der Waals surface area contributed by atoms with Crippen LogP contribution in [0.5, 0.6) is 0 Å². The van der Waals surface area contributed by atoms with Crippen LogP contribution in [0.4, 0.5) is 0 Å². The van der Waals surface area contributed by atoms with E-state index in [0.29, 0.717) is 31.5 Å². The van der Waals surface area contributed by atoms with Crippen LogP contribution in [0.2, 0.25) is 0 Å². The van der Waals surface area contributed by atoms with E-state index in [2.05, 4.69) is 15.6 Å². The Morgan fingerprint density at radius 1 is 1.46 bits per heavy atom. The topological polar surface area (TPSA) is 92.9 Å². The van der Waals surface area contributed by atoms with Crippen molar-refractivity contribution in [2.45, 2.75) is 19.4 Å². The number of hydrogen-bond donors (Lipinski definition) is 2. The SMILES string of the molecule is CN=C(NCCCOCc1ccco1)NCC1CCS(=O)(=O)C1.I. The molecule has 1 aromatic rings. The van der Waals surface area contributed by atoms with Gasteiger partial charge in [-0.1, -0.05) is 0 Å². The number of aliphatic imine (C=N–C) groups is 1. The first-order valence-corrected chi connectivity index (χ1v) is 9.66. The van der Waals surface area contributed by atoms with E-state index in [1.54, 1.807) is 13.3 Å². The zero-order chi connectivity index (χ0) is 16.5. The van der Waals surface area contributed by atoms with Crippen molar-refractivity contribution in [3.63, 3.8) is 0 Å². The van der Waals surface area contributed by atoms with Gasteiger partial charge in [0.2, 0.25) is 0 Å². The molecule has 1 unspecified atom stereocenters. The molecule has 0 bridgehead atoms. The highest BCUT2D eigenvalue weighted by Crippen LogP contribution is 2.17. The fraction of sp³-hybridized carbons (Fsp3) is 0.667. The maximum atomic E-state index is 11.4. The predicted molar refractivity (Wildman–Crippen MR) is 105 cm³/mol. The van der Waals surface area contributed by atoms with Gasteiger partial charge in [-0.3, -0.25) is 4.99 Å². The first-order valence-electron chi connectivity index (χ1n) is 7.84. The van der Waals surface area contributed by atoms with E-state index < -0.39 is 9.84 Å². The normalized spacial score (nSPS) is 19.7. The van der Waals surface area contributed by atoms with Gasteiger partial charge in [0.05, 0.1) is 17.8 Å². The summed E-state index contributed by atoms with van der Waals surface area (Å²) >= 11 is 0. The molecule has 0 spiro atoms. The van der Waals surface area contributed by atoms with Crippen molar-refractivity contribution in [2.75, 3.05) is 38.2 Å². The maximum Gasteiger partial charge on any atom is 0.190 e. The fourth-order valence-electron chi connectivity index (χ4n) is 2.44. The Kier molecular flexibility index (Phi) is 9.67. The molecule has 0 aromatic carbocycles. The van der Waals surface area contributed by atoms with Crippen molar-refractivity contribution < 1.29 is 17.6 Å². The van der Waals surface area contributed by atoms with Crippen LogP contribution in [0.25, 0.3) is 0 Å². The summed E-state index contributed by atoms with van der Waals surface area (Å²) in [4.78, 5) is 4.13. The molecule has 2 heterocycles. The number of nitrogens with one attached hydrogen (secondary N) is 2. The number of furan rings is 1.